The minimum atomic E-state index is -0.216. The van der Waals surface area contributed by atoms with Crippen LogP contribution in [0.2, 0.25) is 0 Å². The molecule has 0 saturated heterocycles. The Morgan fingerprint density at radius 1 is 0.969 bits per heavy atom. The number of benzene rings is 3. The smallest absolute Gasteiger partial charge is 0.290 e. The van der Waals surface area contributed by atoms with Crippen LogP contribution in [0, 0.1) is 0 Å². The SMILES string of the molecule is O=C(c1cc2cc(Br)ccc2o1)N1CCc2c([nH]c3ccccc23)C1c1ccc(Br)cc1. The highest BCUT2D eigenvalue weighted by Crippen LogP contribution is 2.39. The van der Waals surface area contributed by atoms with Crippen molar-refractivity contribution in [3.05, 3.63) is 104 Å². The van der Waals surface area contributed by atoms with Crippen molar-refractivity contribution in [3.63, 3.8) is 0 Å². The molecule has 3 heterocycles. The average molecular weight is 550 g/mol. The van der Waals surface area contributed by atoms with Gasteiger partial charge in [0.15, 0.2) is 5.76 Å². The molecule has 0 radical (unpaired) electrons. The molecule has 0 fully saturated rings. The zero-order valence-electron chi connectivity index (χ0n) is 16.9. The molecular formula is C26H18Br2N2O2. The number of carbonyl (C=O) groups is 1. The molecule has 1 unspecified atom stereocenters. The molecule has 6 rings (SSSR count). The zero-order chi connectivity index (χ0) is 21.8. The Morgan fingerprint density at radius 3 is 2.59 bits per heavy atom. The zero-order valence-corrected chi connectivity index (χ0v) is 20.1. The van der Waals surface area contributed by atoms with Crippen LogP contribution in [0.1, 0.15) is 33.4 Å². The summed E-state index contributed by atoms with van der Waals surface area (Å²) in [5.74, 6) is 0.259. The first-order valence-electron chi connectivity index (χ1n) is 10.4. The van der Waals surface area contributed by atoms with Crippen molar-refractivity contribution in [1.82, 2.24) is 9.88 Å². The van der Waals surface area contributed by atoms with Crippen LogP contribution in [0.25, 0.3) is 21.9 Å². The van der Waals surface area contributed by atoms with Gasteiger partial charge in [0.25, 0.3) is 5.91 Å². The summed E-state index contributed by atoms with van der Waals surface area (Å²) in [4.78, 5) is 19.3. The second-order valence-electron chi connectivity index (χ2n) is 8.06. The quantitative estimate of drug-likeness (QED) is 0.252. The number of H-pyrrole nitrogens is 1. The number of para-hydroxylation sites is 1. The van der Waals surface area contributed by atoms with Gasteiger partial charge in [0, 0.05) is 37.5 Å². The number of hydrogen-bond donors (Lipinski definition) is 1. The van der Waals surface area contributed by atoms with E-state index >= 15 is 0 Å². The minimum Gasteiger partial charge on any atom is -0.451 e. The average Bonchev–Trinajstić information content (AvgIpc) is 3.39. The van der Waals surface area contributed by atoms with Crippen molar-refractivity contribution < 1.29 is 9.21 Å². The van der Waals surface area contributed by atoms with Crippen molar-refractivity contribution in [3.8, 4) is 0 Å². The second kappa shape index (κ2) is 7.64. The van der Waals surface area contributed by atoms with E-state index in [1.54, 1.807) is 0 Å². The number of fused-ring (bicyclic) bond motifs is 4. The summed E-state index contributed by atoms with van der Waals surface area (Å²) in [5, 5.41) is 2.14. The summed E-state index contributed by atoms with van der Waals surface area (Å²) in [7, 11) is 0. The van der Waals surface area contributed by atoms with Crippen LogP contribution in [0.4, 0.5) is 0 Å². The molecule has 6 heteroatoms. The van der Waals surface area contributed by atoms with Crippen LogP contribution in [-0.4, -0.2) is 22.3 Å². The second-order valence-corrected chi connectivity index (χ2v) is 9.89. The monoisotopic (exact) mass is 548 g/mol. The van der Waals surface area contributed by atoms with Gasteiger partial charge in [-0.15, -0.1) is 0 Å². The summed E-state index contributed by atoms with van der Waals surface area (Å²) >= 11 is 7.02. The van der Waals surface area contributed by atoms with Crippen molar-refractivity contribution in [2.45, 2.75) is 12.5 Å². The molecule has 1 amide bonds. The van der Waals surface area contributed by atoms with Gasteiger partial charge in [-0.25, -0.2) is 0 Å². The number of halogens is 2. The summed E-state index contributed by atoms with van der Waals surface area (Å²) in [6.45, 7) is 0.620. The van der Waals surface area contributed by atoms with Gasteiger partial charge in [0.1, 0.15) is 5.58 Å². The maximum Gasteiger partial charge on any atom is 0.290 e. The fraction of sp³-hybridized carbons (Fsp3) is 0.115. The third-order valence-electron chi connectivity index (χ3n) is 6.17. The molecule has 4 nitrogen and oxygen atoms in total. The lowest BCUT2D eigenvalue weighted by Crippen LogP contribution is -2.40. The summed E-state index contributed by atoms with van der Waals surface area (Å²) in [5.41, 5.74) is 5.23. The fourth-order valence-corrected chi connectivity index (χ4v) is 5.36. The molecule has 0 saturated carbocycles. The van der Waals surface area contributed by atoms with Gasteiger partial charge in [-0.3, -0.25) is 4.79 Å². The Hall–Kier alpha value is -2.83. The normalized spacial score (nSPS) is 15.9. The molecule has 1 N–H and O–H groups in total. The third kappa shape index (κ3) is 3.21. The predicted molar refractivity (Wildman–Crippen MR) is 133 cm³/mol. The minimum absolute atomic E-state index is 0.102. The van der Waals surface area contributed by atoms with Crippen LogP contribution in [-0.2, 0) is 6.42 Å². The molecule has 0 bridgehead atoms. The summed E-state index contributed by atoms with van der Waals surface area (Å²) in [6, 6.07) is 23.9. The van der Waals surface area contributed by atoms with E-state index in [-0.39, 0.29) is 11.9 Å². The van der Waals surface area contributed by atoms with E-state index in [1.807, 2.05) is 47.4 Å². The summed E-state index contributed by atoms with van der Waals surface area (Å²) < 4.78 is 7.92. The van der Waals surface area contributed by atoms with Crippen LogP contribution in [0.15, 0.2) is 86.2 Å². The Balaban J connectivity index is 1.49. The molecule has 5 aromatic rings. The van der Waals surface area contributed by atoms with Crippen LogP contribution < -0.4 is 0 Å². The maximum atomic E-state index is 13.7. The lowest BCUT2D eigenvalue weighted by Gasteiger charge is -2.35. The van der Waals surface area contributed by atoms with E-state index in [2.05, 4.69) is 67.2 Å². The number of nitrogens with zero attached hydrogens (tertiary/aromatic N) is 1. The van der Waals surface area contributed by atoms with Gasteiger partial charge in [-0.1, -0.05) is 62.2 Å². The highest BCUT2D eigenvalue weighted by Gasteiger charge is 2.36. The first kappa shape index (κ1) is 19.8. The van der Waals surface area contributed by atoms with Crippen LogP contribution in [0.3, 0.4) is 0 Å². The Labute approximate surface area is 201 Å². The van der Waals surface area contributed by atoms with Gasteiger partial charge < -0.3 is 14.3 Å². The molecule has 0 spiro atoms. The van der Waals surface area contributed by atoms with Crippen molar-refractivity contribution in [1.29, 1.82) is 0 Å². The van der Waals surface area contributed by atoms with Crippen molar-refractivity contribution in [2.75, 3.05) is 6.54 Å². The van der Waals surface area contributed by atoms with E-state index in [9.17, 15) is 4.79 Å². The van der Waals surface area contributed by atoms with Gasteiger partial charge in [-0.2, -0.15) is 0 Å². The van der Waals surface area contributed by atoms with Gasteiger partial charge in [0.2, 0.25) is 0 Å². The summed E-state index contributed by atoms with van der Waals surface area (Å²) in [6.07, 6.45) is 0.796. The largest absolute Gasteiger partial charge is 0.451 e. The third-order valence-corrected chi connectivity index (χ3v) is 7.19. The highest BCUT2D eigenvalue weighted by atomic mass is 79.9. The predicted octanol–water partition coefficient (Wildman–Crippen LogP) is 7.23. The number of hydrogen-bond acceptors (Lipinski definition) is 2. The number of rotatable bonds is 2. The Kier molecular flexibility index (Phi) is 4.73. The first-order valence-corrected chi connectivity index (χ1v) is 12.0. The number of aromatic amines is 1. The number of furan rings is 1. The number of amides is 1. The molecule has 32 heavy (non-hydrogen) atoms. The van der Waals surface area contributed by atoms with E-state index in [0.29, 0.717) is 17.9 Å². The van der Waals surface area contributed by atoms with Crippen LogP contribution in [0.5, 0.6) is 0 Å². The van der Waals surface area contributed by atoms with Gasteiger partial charge in [0.05, 0.1) is 6.04 Å². The lowest BCUT2D eigenvalue weighted by molar-refractivity contribution is 0.0661. The van der Waals surface area contributed by atoms with Gasteiger partial charge >= 0.3 is 0 Å². The number of aromatic nitrogens is 1. The lowest BCUT2D eigenvalue weighted by atomic mass is 9.92. The molecule has 2 aromatic heterocycles. The first-order chi connectivity index (χ1) is 15.6. The molecule has 1 atom stereocenters. The van der Waals surface area contributed by atoms with E-state index < -0.39 is 0 Å². The highest BCUT2D eigenvalue weighted by molar-refractivity contribution is 9.10. The van der Waals surface area contributed by atoms with Gasteiger partial charge in [-0.05, 0) is 60.0 Å². The topological polar surface area (TPSA) is 49.2 Å². The van der Waals surface area contributed by atoms with E-state index in [4.69, 9.17) is 4.42 Å². The van der Waals surface area contributed by atoms with E-state index in [1.165, 1.54) is 10.9 Å². The maximum absolute atomic E-state index is 13.7. The van der Waals surface area contributed by atoms with E-state index in [0.717, 1.165) is 37.5 Å². The fourth-order valence-electron chi connectivity index (χ4n) is 4.71. The van der Waals surface area contributed by atoms with Crippen molar-refractivity contribution >= 4 is 59.6 Å². The Morgan fingerprint density at radius 2 is 1.75 bits per heavy atom. The molecule has 1 aliphatic heterocycles. The number of carbonyl (C=O) groups excluding carboxylic acids is 1. The number of nitrogens with one attached hydrogen (secondary N) is 1. The molecule has 3 aromatic carbocycles. The Bertz CT molecular complexity index is 1480. The van der Waals surface area contributed by atoms with Crippen LogP contribution >= 0.6 is 31.9 Å². The molecule has 158 valence electrons. The molecule has 1 aliphatic rings. The molecular weight excluding hydrogens is 532 g/mol. The van der Waals surface area contributed by atoms with Crippen molar-refractivity contribution in [2.24, 2.45) is 0 Å². The molecule has 0 aliphatic carbocycles. The standard InChI is InChI=1S/C26H18Br2N2O2/c27-17-7-5-15(6-8-17)25-24-20(19-3-1-2-4-21(19)29-24)11-12-30(25)26(31)23-14-16-13-18(28)9-10-22(16)32-23/h1-10,13-14,25,29H,11-12H2.